The zero-order valence-corrected chi connectivity index (χ0v) is 10.2. The monoisotopic (exact) mass is 252 g/mol. The molecule has 1 fully saturated rings. The molecule has 0 aliphatic carbocycles. The molecule has 18 heavy (non-hydrogen) atoms. The molecule has 1 aromatic rings. The maximum absolute atomic E-state index is 10.8. The summed E-state index contributed by atoms with van der Waals surface area (Å²) in [6, 6.07) is 4.67. The van der Waals surface area contributed by atoms with Crippen molar-refractivity contribution < 1.29 is 14.4 Å². The zero-order valence-electron chi connectivity index (χ0n) is 10.2. The Kier molecular flexibility index (Phi) is 3.99. The number of benzene rings is 1. The molecule has 0 saturated carbocycles. The van der Waals surface area contributed by atoms with E-state index in [9.17, 15) is 10.1 Å². The molecule has 1 saturated heterocycles. The standard InChI is InChI=1S/C12H16N2O4/c1-17-12-5-10(4-11(6-12)14(15)16)13-7-9-2-3-18-8-9/h4-6,9,13H,2-3,7-8H2,1H3. The molecule has 6 nitrogen and oxygen atoms in total. The maximum Gasteiger partial charge on any atom is 0.275 e. The molecule has 2 rings (SSSR count). The highest BCUT2D eigenvalue weighted by atomic mass is 16.6. The number of nitrogens with one attached hydrogen (secondary N) is 1. The minimum absolute atomic E-state index is 0.0273. The molecule has 1 atom stereocenters. The van der Waals surface area contributed by atoms with Crippen LogP contribution in [0.5, 0.6) is 5.75 Å². The molecule has 1 aromatic carbocycles. The van der Waals surface area contributed by atoms with Crippen molar-refractivity contribution >= 4 is 11.4 Å². The summed E-state index contributed by atoms with van der Waals surface area (Å²) in [4.78, 5) is 10.4. The van der Waals surface area contributed by atoms with E-state index in [0.717, 1.165) is 26.2 Å². The Hall–Kier alpha value is -1.82. The van der Waals surface area contributed by atoms with Gasteiger partial charge in [0.25, 0.3) is 5.69 Å². The zero-order chi connectivity index (χ0) is 13.0. The third-order valence-corrected chi connectivity index (χ3v) is 2.96. The second-order valence-electron chi connectivity index (χ2n) is 4.29. The highest BCUT2D eigenvalue weighted by Crippen LogP contribution is 2.26. The molecule has 98 valence electrons. The Balaban J connectivity index is 2.05. The van der Waals surface area contributed by atoms with E-state index in [1.54, 1.807) is 6.07 Å². The lowest BCUT2D eigenvalue weighted by Gasteiger charge is -2.11. The number of nitro groups is 1. The number of nitrogens with zero attached hydrogens (tertiary/aromatic N) is 1. The fraction of sp³-hybridized carbons (Fsp3) is 0.500. The molecular formula is C12H16N2O4. The molecule has 6 heteroatoms. The predicted molar refractivity (Wildman–Crippen MR) is 67.1 cm³/mol. The molecule has 1 aliphatic rings. The summed E-state index contributed by atoms with van der Waals surface area (Å²) in [5.74, 6) is 0.949. The van der Waals surface area contributed by atoms with Crippen LogP contribution in [-0.2, 0) is 4.74 Å². The van der Waals surface area contributed by atoms with Crippen LogP contribution in [0.25, 0.3) is 0 Å². The molecule has 0 amide bonds. The van der Waals surface area contributed by atoms with Gasteiger partial charge in [-0.2, -0.15) is 0 Å². The van der Waals surface area contributed by atoms with E-state index in [-0.39, 0.29) is 5.69 Å². The van der Waals surface area contributed by atoms with E-state index in [1.807, 2.05) is 0 Å². The van der Waals surface area contributed by atoms with Crippen LogP contribution in [-0.4, -0.2) is 31.8 Å². The fourth-order valence-electron chi connectivity index (χ4n) is 1.92. The van der Waals surface area contributed by atoms with Gasteiger partial charge in [0.1, 0.15) is 5.75 Å². The molecule has 0 radical (unpaired) electrons. The summed E-state index contributed by atoms with van der Waals surface area (Å²) in [6.07, 6.45) is 1.03. The maximum atomic E-state index is 10.8. The Morgan fingerprint density at radius 1 is 1.56 bits per heavy atom. The average molecular weight is 252 g/mol. The van der Waals surface area contributed by atoms with E-state index >= 15 is 0 Å². The van der Waals surface area contributed by atoms with Crippen molar-refractivity contribution in [3.63, 3.8) is 0 Å². The van der Waals surface area contributed by atoms with Crippen LogP contribution >= 0.6 is 0 Å². The summed E-state index contributed by atoms with van der Waals surface area (Å²) in [7, 11) is 1.49. The lowest BCUT2D eigenvalue weighted by molar-refractivity contribution is -0.384. The highest BCUT2D eigenvalue weighted by Gasteiger charge is 2.16. The largest absolute Gasteiger partial charge is 0.496 e. The quantitative estimate of drug-likeness (QED) is 0.641. The van der Waals surface area contributed by atoms with Gasteiger partial charge < -0.3 is 14.8 Å². The Labute approximate surface area is 105 Å². The SMILES string of the molecule is COc1cc(NCC2CCOC2)cc([N+](=O)[O-])c1. The normalized spacial score (nSPS) is 18.6. The van der Waals surface area contributed by atoms with Crippen molar-refractivity contribution in [1.82, 2.24) is 0 Å². The number of anilines is 1. The molecule has 1 N–H and O–H groups in total. The van der Waals surface area contributed by atoms with Crippen molar-refractivity contribution in [3.05, 3.63) is 28.3 Å². The number of hydrogen-bond donors (Lipinski definition) is 1. The van der Waals surface area contributed by atoms with Crippen molar-refractivity contribution in [2.24, 2.45) is 5.92 Å². The summed E-state index contributed by atoms with van der Waals surface area (Å²) >= 11 is 0. The minimum Gasteiger partial charge on any atom is -0.496 e. The van der Waals surface area contributed by atoms with Crippen molar-refractivity contribution in [2.45, 2.75) is 6.42 Å². The first-order chi connectivity index (χ1) is 8.69. The Bertz CT molecular complexity index is 430. The molecule has 0 bridgehead atoms. The van der Waals surface area contributed by atoms with Gasteiger partial charge in [-0.15, -0.1) is 0 Å². The van der Waals surface area contributed by atoms with Crippen LogP contribution in [0.15, 0.2) is 18.2 Å². The first kappa shape index (κ1) is 12.6. The Morgan fingerprint density at radius 3 is 3.00 bits per heavy atom. The first-order valence-electron chi connectivity index (χ1n) is 5.84. The summed E-state index contributed by atoms with van der Waals surface area (Å²) < 4.78 is 10.3. The second-order valence-corrected chi connectivity index (χ2v) is 4.29. The minimum atomic E-state index is -0.424. The van der Waals surface area contributed by atoms with Crippen LogP contribution in [0.1, 0.15) is 6.42 Å². The third kappa shape index (κ3) is 3.10. The van der Waals surface area contributed by atoms with E-state index < -0.39 is 4.92 Å². The number of nitro benzene ring substituents is 1. The van der Waals surface area contributed by atoms with Crippen LogP contribution in [0, 0.1) is 16.0 Å². The molecule has 0 aromatic heterocycles. The molecule has 1 heterocycles. The topological polar surface area (TPSA) is 73.6 Å². The van der Waals surface area contributed by atoms with Crippen LogP contribution in [0.2, 0.25) is 0 Å². The van der Waals surface area contributed by atoms with Gasteiger partial charge in [-0.3, -0.25) is 10.1 Å². The van der Waals surface area contributed by atoms with Gasteiger partial charge in [0.2, 0.25) is 0 Å². The van der Waals surface area contributed by atoms with Gasteiger partial charge in [0.05, 0.1) is 24.7 Å². The number of methoxy groups -OCH3 is 1. The fourth-order valence-corrected chi connectivity index (χ4v) is 1.92. The third-order valence-electron chi connectivity index (χ3n) is 2.96. The molecule has 1 unspecified atom stereocenters. The predicted octanol–water partition coefficient (Wildman–Crippen LogP) is 2.05. The van der Waals surface area contributed by atoms with Crippen LogP contribution < -0.4 is 10.1 Å². The van der Waals surface area contributed by atoms with Gasteiger partial charge >= 0.3 is 0 Å². The lowest BCUT2D eigenvalue weighted by atomic mass is 10.1. The smallest absolute Gasteiger partial charge is 0.275 e. The number of ether oxygens (including phenoxy) is 2. The van der Waals surface area contributed by atoms with Crippen LogP contribution in [0.3, 0.4) is 0 Å². The second kappa shape index (κ2) is 5.68. The summed E-state index contributed by atoms with van der Waals surface area (Å²) in [5, 5.41) is 14.0. The molecular weight excluding hydrogens is 236 g/mol. The average Bonchev–Trinajstić information content (AvgIpc) is 2.89. The van der Waals surface area contributed by atoms with Crippen molar-refractivity contribution in [2.75, 3.05) is 32.2 Å². The van der Waals surface area contributed by atoms with Gasteiger partial charge in [-0.05, 0) is 6.42 Å². The van der Waals surface area contributed by atoms with E-state index in [4.69, 9.17) is 9.47 Å². The van der Waals surface area contributed by atoms with Crippen molar-refractivity contribution in [3.8, 4) is 5.75 Å². The highest BCUT2D eigenvalue weighted by molar-refractivity contribution is 5.56. The number of rotatable bonds is 5. The van der Waals surface area contributed by atoms with E-state index in [1.165, 1.54) is 19.2 Å². The summed E-state index contributed by atoms with van der Waals surface area (Å²) in [6.45, 7) is 2.30. The van der Waals surface area contributed by atoms with Crippen LogP contribution in [0.4, 0.5) is 11.4 Å². The van der Waals surface area contributed by atoms with E-state index in [2.05, 4.69) is 5.32 Å². The van der Waals surface area contributed by atoms with Gasteiger partial charge in [-0.25, -0.2) is 0 Å². The summed E-state index contributed by atoms with van der Waals surface area (Å²) in [5.41, 5.74) is 0.729. The van der Waals surface area contributed by atoms with Crippen molar-refractivity contribution in [1.29, 1.82) is 0 Å². The molecule has 0 spiro atoms. The van der Waals surface area contributed by atoms with E-state index in [0.29, 0.717) is 17.4 Å². The molecule has 1 aliphatic heterocycles. The lowest BCUT2D eigenvalue weighted by Crippen LogP contribution is -2.14. The number of hydrogen-bond acceptors (Lipinski definition) is 5. The number of non-ortho nitro benzene ring substituents is 1. The van der Waals surface area contributed by atoms with Gasteiger partial charge in [0, 0.05) is 36.9 Å². The first-order valence-corrected chi connectivity index (χ1v) is 5.84. The van der Waals surface area contributed by atoms with Gasteiger partial charge in [0.15, 0.2) is 0 Å². The Morgan fingerprint density at radius 2 is 2.39 bits per heavy atom. The van der Waals surface area contributed by atoms with Gasteiger partial charge in [-0.1, -0.05) is 0 Å².